The van der Waals surface area contributed by atoms with E-state index >= 15 is 0 Å². The molecule has 28 heavy (non-hydrogen) atoms. The van der Waals surface area contributed by atoms with Crippen LogP contribution in [-0.2, 0) is 4.79 Å². The van der Waals surface area contributed by atoms with Crippen molar-refractivity contribution < 1.29 is 14.3 Å². The van der Waals surface area contributed by atoms with Crippen LogP contribution in [0.4, 0.5) is 0 Å². The Hall–Kier alpha value is -3.00. The summed E-state index contributed by atoms with van der Waals surface area (Å²) in [5.41, 5.74) is 1.25. The molecule has 0 spiro atoms. The molecule has 7 nitrogen and oxygen atoms in total. The van der Waals surface area contributed by atoms with Gasteiger partial charge in [0.2, 0.25) is 0 Å². The number of carbonyl (C=O) groups excluding carboxylic acids is 1. The van der Waals surface area contributed by atoms with Crippen molar-refractivity contribution in [2.45, 2.75) is 13.1 Å². The molecule has 0 fully saturated rings. The lowest BCUT2D eigenvalue weighted by Gasteiger charge is -2.34. The molecule has 2 aliphatic heterocycles. The number of rotatable bonds is 4. The van der Waals surface area contributed by atoms with Crippen LogP contribution < -0.4 is 25.4 Å². The van der Waals surface area contributed by atoms with Crippen molar-refractivity contribution in [2.24, 2.45) is 10.1 Å². The number of hydrazone groups is 1. The third-order valence-corrected chi connectivity index (χ3v) is 5.07. The van der Waals surface area contributed by atoms with Crippen molar-refractivity contribution in [3.8, 4) is 11.5 Å². The number of thioether (sulfide) groups is 1. The number of nitrogens with one attached hydrogen (secondary N) is 1. The molecular weight excluding hydrogens is 376 g/mol. The molecule has 0 saturated heterocycles. The molecule has 8 heteroatoms. The Kier molecular flexibility index (Phi) is 4.95. The molecule has 1 amide bonds. The highest BCUT2D eigenvalue weighted by atomic mass is 32.2. The summed E-state index contributed by atoms with van der Waals surface area (Å²) in [4.78, 5) is 17.8. The first-order chi connectivity index (χ1) is 13.7. The quantitative estimate of drug-likeness (QED) is 0.850. The van der Waals surface area contributed by atoms with Crippen LogP contribution >= 0.6 is 11.8 Å². The second-order valence-corrected chi connectivity index (χ2v) is 6.88. The summed E-state index contributed by atoms with van der Waals surface area (Å²) < 4.78 is 11.4. The van der Waals surface area contributed by atoms with Gasteiger partial charge in [-0.2, -0.15) is 0 Å². The van der Waals surface area contributed by atoms with E-state index in [2.05, 4.69) is 10.4 Å². The SMILES string of the molecule is CCOc1cccc([C@H]2N=c3ccccc3=C3C(=O)NC(SC)=NN32)c1OC. The van der Waals surface area contributed by atoms with Gasteiger partial charge in [-0.1, -0.05) is 42.1 Å². The van der Waals surface area contributed by atoms with Gasteiger partial charge < -0.3 is 9.47 Å². The maximum Gasteiger partial charge on any atom is 0.276 e. The lowest BCUT2D eigenvalue weighted by molar-refractivity contribution is -0.116. The zero-order valence-corrected chi connectivity index (χ0v) is 16.6. The number of amidine groups is 1. The zero-order valence-electron chi connectivity index (χ0n) is 15.8. The van der Waals surface area contributed by atoms with Crippen LogP contribution in [0.3, 0.4) is 0 Å². The van der Waals surface area contributed by atoms with Gasteiger partial charge in [-0.05, 0) is 25.3 Å². The summed E-state index contributed by atoms with van der Waals surface area (Å²) in [5.74, 6) is 1.02. The molecule has 1 N–H and O–H groups in total. The third kappa shape index (κ3) is 2.99. The maximum absolute atomic E-state index is 12.9. The van der Waals surface area contributed by atoms with Crippen molar-refractivity contribution >= 4 is 28.5 Å². The van der Waals surface area contributed by atoms with E-state index in [1.165, 1.54) is 11.8 Å². The first kappa shape index (κ1) is 18.4. The van der Waals surface area contributed by atoms with E-state index in [0.717, 1.165) is 16.1 Å². The van der Waals surface area contributed by atoms with E-state index < -0.39 is 6.17 Å². The first-order valence-corrected chi connectivity index (χ1v) is 10.1. The van der Waals surface area contributed by atoms with Crippen LogP contribution in [0.25, 0.3) is 5.70 Å². The number of methoxy groups -OCH3 is 1. The van der Waals surface area contributed by atoms with Crippen molar-refractivity contribution in [2.75, 3.05) is 20.0 Å². The fraction of sp³-hybridized carbons (Fsp3) is 0.250. The Morgan fingerprint density at radius 2 is 2.04 bits per heavy atom. The molecule has 4 rings (SSSR count). The fourth-order valence-corrected chi connectivity index (χ4v) is 3.71. The van der Waals surface area contributed by atoms with Crippen molar-refractivity contribution in [3.63, 3.8) is 0 Å². The maximum atomic E-state index is 12.9. The second-order valence-electron chi connectivity index (χ2n) is 6.09. The van der Waals surface area contributed by atoms with Gasteiger partial charge in [0, 0.05) is 10.8 Å². The van der Waals surface area contributed by atoms with Gasteiger partial charge in [0.25, 0.3) is 5.91 Å². The lowest BCUT2D eigenvalue weighted by Crippen LogP contribution is -2.50. The van der Waals surface area contributed by atoms with Gasteiger partial charge in [0.05, 0.1) is 19.1 Å². The van der Waals surface area contributed by atoms with Crippen LogP contribution in [0.5, 0.6) is 11.5 Å². The third-order valence-electron chi connectivity index (χ3n) is 4.50. The Morgan fingerprint density at radius 3 is 2.79 bits per heavy atom. The molecule has 2 heterocycles. The smallest absolute Gasteiger partial charge is 0.276 e. The highest BCUT2D eigenvalue weighted by Gasteiger charge is 2.35. The molecule has 0 radical (unpaired) electrons. The van der Waals surface area contributed by atoms with Gasteiger partial charge in [-0.15, -0.1) is 5.10 Å². The number of benzene rings is 2. The van der Waals surface area contributed by atoms with Crippen LogP contribution in [0.15, 0.2) is 52.6 Å². The van der Waals surface area contributed by atoms with E-state index in [-0.39, 0.29) is 5.91 Å². The van der Waals surface area contributed by atoms with E-state index in [4.69, 9.17) is 14.5 Å². The van der Waals surface area contributed by atoms with E-state index in [9.17, 15) is 4.79 Å². The number of fused-ring (bicyclic) bond motifs is 2. The highest BCUT2D eigenvalue weighted by Crippen LogP contribution is 2.40. The minimum absolute atomic E-state index is 0.202. The van der Waals surface area contributed by atoms with Crippen molar-refractivity contribution in [1.29, 1.82) is 0 Å². The number of hydrogen-bond acceptors (Lipinski definition) is 7. The first-order valence-electron chi connectivity index (χ1n) is 8.88. The molecule has 1 atom stereocenters. The Labute approximate surface area is 166 Å². The van der Waals surface area contributed by atoms with E-state index in [0.29, 0.717) is 29.0 Å². The number of para-hydroxylation sites is 2. The summed E-state index contributed by atoms with van der Waals surface area (Å²) in [6, 6.07) is 13.2. The molecule has 0 saturated carbocycles. The molecule has 0 aliphatic carbocycles. The van der Waals surface area contributed by atoms with Crippen LogP contribution in [0, 0.1) is 0 Å². The van der Waals surface area contributed by atoms with Gasteiger partial charge >= 0.3 is 0 Å². The molecule has 2 aromatic rings. The van der Waals surface area contributed by atoms with Gasteiger partial charge in [-0.25, -0.2) is 5.01 Å². The number of hydrogen-bond donors (Lipinski definition) is 1. The highest BCUT2D eigenvalue weighted by molar-refractivity contribution is 8.13. The second kappa shape index (κ2) is 7.55. The summed E-state index contributed by atoms with van der Waals surface area (Å²) >= 11 is 1.37. The summed E-state index contributed by atoms with van der Waals surface area (Å²) in [7, 11) is 1.60. The number of nitrogens with zero attached hydrogens (tertiary/aromatic N) is 3. The van der Waals surface area contributed by atoms with Crippen molar-refractivity contribution in [3.05, 3.63) is 58.6 Å². The van der Waals surface area contributed by atoms with Gasteiger partial charge in [0.1, 0.15) is 5.70 Å². The van der Waals surface area contributed by atoms with Crippen LogP contribution in [0.2, 0.25) is 0 Å². The van der Waals surface area contributed by atoms with E-state index in [1.807, 2.05) is 55.6 Å². The minimum atomic E-state index is -0.548. The number of ether oxygens (including phenoxy) is 2. The van der Waals surface area contributed by atoms with Gasteiger partial charge in [0.15, 0.2) is 22.8 Å². The fourth-order valence-electron chi connectivity index (χ4n) is 3.35. The predicted molar refractivity (Wildman–Crippen MR) is 108 cm³/mol. The number of carbonyl (C=O) groups is 1. The van der Waals surface area contributed by atoms with Crippen molar-refractivity contribution in [1.82, 2.24) is 10.3 Å². The van der Waals surface area contributed by atoms with Crippen LogP contribution in [0.1, 0.15) is 18.7 Å². The standard InChI is InChI=1S/C20H20N4O3S/c1-4-27-15-11-7-9-13(17(15)26-2)18-21-14-10-6-5-8-12(14)16-19(25)22-20(28-3)23-24(16)18/h5-11,18H,4H2,1-3H3,(H,22,23,25)/t18-/m0/s1. The molecule has 0 aromatic heterocycles. The summed E-state index contributed by atoms with van der Waals surface area (Å²) in [6.07, 6.45) is 1.32. The molecule has 0 unspecified atom stereocenters. The monoisotopic (exact) mass is 396 g/mol. The minimum Gasteiger partial charge on any atom is -0.492 e. The average Bonchev–Trinajstić information content (AvgIpc) is 2.72. The van der Waals surface area contributed by atoms with Gasteiger partial charge in [-0.3, -0.25) is 15.1 Å². The van der Waals surface area contributed by atoms with Crippen LogP contribution in [-0.4, -0.2) is 36.1 Å². The topological polar surface area (TPSA) is 75.5 Å². The molecular formula is C20H20N4O3S. The Balaban J connectivity index is 1.97. The van der Waals surface area contributed by atoms with E-state index in [1.54, 1.807) is 12.1 Å². The number of amides is 1. The summed E-state index contributed by atoms with van der Waals surface area (Å²) in [6.45, 7) is 2.44. The molecule has 144 valence electrons. The molecule has 2 aliphatic rings. The lowest BCUT2D eigenvalue weighted by atomic mass is 10.1. The molecule has 2 aromatic carbocycles. The normalized spacial score (nSPS) is 17.8. The Morgan fingerprint density at radius 1 is 1.21 bits per heavy atom. The average molecular weight is 396 g/mol. The summed E-state index contributed by atoms with van der Waals surface area (Å²) in [5, 5.41) is 11.1. The predicted octanol–water partition coefficient (Wildman–Crippen LogP) is 1.60. The zero-order chi connectivity index (χ0) is 19.7. The Bertz CT molecular complexity index is 1080. The molecule has 0 bridgehead atoms. The largest absolute Gasteiger partial charge is 0.492 e.